The summed E-state index contributed by atoms with van der Waals surface area (Å²) in [6.07, 6.45) is 0.581. The number of hydrogen-bond donors (Lipinski definition) is 0. The molecule has 7 nitrogen and oxygen atoms in total. The Morgan fingerprint density at radius 1 is 1.16 bits per heavy atom. The van der Waals surface area contributed by atoms with E-state index in [2.05, 4.69) is 5.10 Å². The lowest BCUT2D eigenvalue weighted by atomic mass is 9.97. The SMILES string of the molecule is CCC(C(=O)Oc1c(Sc2ccccc2[N+](=O)[O-])c(C)nn1C(C)(C)C)c1ccccc1. The van der Waals surface area contributed by atoms with Crippen LogP contribution in [0.2, 0.25) is 0 Å². The average molecular weight is 454 g/mol. The van der Waals surface area contributed by atoms with Crippen molar-refractivity contribution in [2.24, 2.45) is 0 Å². The predicted molar refractivity (Wildman–Crippen MR) is 124 cm³/mol. The molecule has 1 heterocycles. The van der Waals surface area contributed by atoms with Gasteiger partial charge < -0.3 is 4.74 Å². The molecule has 0 aliphatic carbocycles. The molecule has 0 saturated heterocycles. The maximum atomic E-state index is 13.2. The van der Waals surface area contributed by atoms with E-state index in [1.165, 1.54) is 17.8 Å². The topological polar surface area (TPSA) is 87.3 Å². The Hall–Kier alpha value is -3.13. The fourth-order valence-corrected chi connectivity index (χ4v) is 4.37. The number of benzene rings is 2. The lowest BCUT2D eigenvalue weighted by Gasteiger charge is -2.23. The van der Waals surface area contributed by atoms with E-state index in [0.29, 0.717) is 27.8 Å². The molecule has 0 amide bonds. The molecule has 3 aromatic rings. The largest absolute Gasteiger partial charge is 0.406 e. The molecular weight excluding hydrogens is 426 g/mol. The molecule has 3 rings (SSSR count). The highest BCUT2D eigenvalue weighted by atomic mass is 32.2. The van der Waals surface area contributed by atoms with Gasteiger partial charge >= 0.3 is 5.97 Å². The van der Waals surface area contributed by atoms with Gasteiger partial charge in [-0.05, 0) is 45.7 Å². The number of aromatic nitrogens is 2. The molecule has 2 aromatic carbocycles. The number of carbonyl (C=O) groups excluding carboxylic acids is 1. The van der Waals surface area contributed by atoms with Crippen LogP contribution in [0.3, 0.4) is 0 Å². The highest BCUT2D eigenvalue weighted by Gasteiger charge is 2.31. The van der Waals surface area contributed by atoms with Crippen molar-refractivity contribution in [2.45, 2.75) is 62.3 Å². The Balaban J connectivity index is 2.04. The van der Waals surface area contributed by atoms with E-state index >= 15 is 0 Å². The molecule has 0 N–H and O–H groups in total. The van der Waals surface area contributed by atoms with Crippen LogP contribution in [-0.4, -0.2) is 20.7 Å². The number of esters is 1. The van der Waals surface area contributed by atoms with E-state index in [9.17, 15) is 14.9 Å². The third-order valence-corrected chi connectivity index (χ3v) is 6.21. The lowest BCUT2D eigenvalue weighted by Crippen LogP contribution is -2.27. The minimum absolute atomic E-state index is 0.00611. The van der Waals surface area contributed by atoms with Crippen LogP contribution in [0.4, 0.5) is 5.69 Å². The molecule has 32 heavy (non-hydrogen) atoms. The highest BCUT2D eigenvalue weighted by molar-refractivity contribution is 7.99. The van der Waals surface area contributed by atoms with E-state index < -0.39 is 16.4 Å². The second-order valence-corrected chi connectivity index (χ2v) is 9.47. The van der Waals surface area contributed by atoms with Crippen LogP contribution in [0.5, 0.6) is 5.88 Å². The van der Waals surface area contributed by atoms with Crippen molar-refractivity contribution in [1.82, 2.24) is 9.78 Å². The summed E-state index contributed by atoms with van der Waals surface area (Å²) in [5.74, 6) is -0.505. The van der Waals surface area contributed by atoms with Crippen LogP contribution in [0.1, 0.15) is 51.3 Å². The van der Waals surface area contributed by atoms with Gasteiger partial charge in [0.25, 0.3) is 5.69 Å². The molecule has 0 spiro atoms. The molecule has 0 aliphatic heterocycles. The molecule has 1 unspecified atom stereocenters. The van der Waals surface area contributed by atoms with Crippen LogP contribution in [0.15, 0.2) is 64.4 Å². The first-order valence-corrected chi connectivity index (χ1v) is 11.2. The van der Waals surface area contributed by atoms with Gasteiger partial charge in [-0.1, -0.05) is 61.2 Å². The number of nitro groups is 1. The summed E-state index contributed by atoms with van der Waals surface area (Å²) < 4.78 is 7.65. The standard InChI is InChI=1S/C24H27N3O4S/c1-6-18(17-12-8-7-9-13-17)23(28)31-22-21(16(2)25-26(22)24(3,4)5)32-20-15-11-10-14-19(20)27(29)30/h7-15,18H,6H2,1-5H3. The molecule has 1 aromatic heterocycles. The monoisotopic (exact) mass is 453 g/mol. The zero-order valence-electron chi connectivity index (χ0n) is 18.9. The van der Waals surface area contributed by atoms with Crippen LogP contribution in [0.25, 0.3) is 0 Å². The Bertz CT molecular complexity index is 1120. The zero-order chi connectivity index (χ0) is 23.5. The molecule has 168 valence electrons. The Morgan fingerprint density at radius 2 is 1.78 bits per heavy atom. The van der Waals surface area contributed by atoms with Crippen LogP contribution >= 0.6 is 11.8 Å². The minimum atomic E-state index is -0.462. The van der Waals surface area contributed by atoms with Crippen LogP contribution in [-0.2, 0) is 10.3 Å². The van der Waals surface area contributed by atoms with E-state index in [0.717, 1.165) is 5.56 Å². The van der Waals surface area contributed by atoms with Gasteiger partial charge in [-0.3, -0.25) is 14.9 Å². The third-order valence-electron chi connectivity index (χ3n) is 4.97. The molecule has 0 bridgehead atoms. The summed E-state index contributed by atoms with van der Waals surface area (Å²) in [5, 5.41) is 16.1. The Morgan fingerprint density at radius 3 is 2.38 bits per heavy atom. The third kappa shape index (κ3) is 5.02. The first kappa shape index (κ1) is 23.5. The van der Waals surface area contributed by atoms with E-state index in [-0.39, 0.29) is 11.7 Å². The molecule has 0 saturated carbocycles. The number of rotatable bonds is 7. The maximum absolute atomic E-state index is 13.2. The normalized spacial score (nSPS) is 12.4. The molecule has 0 radical (unpaired) electrons. The summed E-state index contributed by atoms with van der Waals surface area (Å²) in [7, 11) is 0. The van der Waals surface area contributed by atoms with Crippen molar-refractivity contribution in [1.29, 1.82) is 0 Å². The summed E-state index contributed by atoms with van der Waals surface area (Å²) in [6, 6.07) is 16.0. The van der Waals surface area contributed by atoms with Crippen molar-refractivity contribution >= 4 is 23.4 Å². The van der Waals surface area contributed by atoms with Gasteiger partial charge in [0.1, 0.15) is 0 Å². The predicted octanol–water partition coefficient (Wildman–Crippen LogP) is 6.11. The molecule has 8 heteroatoms. The number of para-hydroxylation sites is 1. The minimum Gasteiger partial charge on any atom is -0.406 e. The number of nitro benzene ring substituents is 1. The van der Waals surface area contributed by atoms with Gasteiger partial charge in [-0.25, -0.2) is 4.68 Å². The fraction of sp³-hybridized carbons (Fsp3) is 0.333. The summed E-state index contributed by atoms with van der Waals surface area (Å²) in [4.78, 5) is 25.4. The summed E-state index contributed by atoms with van der Waals surface area (Å²) >= 11 is 1.19. The molecule has 1 atom stereocenters. The second-order valence-electron chi connectivity index (χ2n) is 8.42. The van der Waals surface area contributed by atoms with Gasteiger partial charge in [0.2, 0.25) is 5.88 Å². The Kier molecular flexibility index (Phi) is 7.03. The van der Waals surface area contributed by atoms with Crippen molar-refractivity contribution < 1.29 is 14.5 Å². The molecular formula is C24H27N3O4S. The van der Waals surface area contributed by atoms with Gasteiger partial charge in [0.05, 0.1) is 31.9 Å². The van der Waals surface area contributed by atoms with Crippen molar-refractivity contribution in [3.63, 3.8) is 0 Å². The average Bonchev–Trinajstić information content (AvgIpc) is 3.05. The van der Waals surface area contributed by atoms with Gasteiger partial charge in [-0.15, -0.1) is 0 Å². The zero-order valence-corrected chi connectivity index (χ0v) is 19.7. The lowest BCUT2D eigenvalue weighted by molar-refractivity contribution is -0.387. The number of carbonyl (C=O) groups is 1. The highest BCUT2D eigenvalue weighted by Crippen LogP contribution is 2.43. The Labute approximate surface area is 191 Å². The van der Waals surface area contributed by atoms with Crippen molar-refractivity contribution in [2.75, 3.05) is 0 Å². The van der Waals surface area contributed by atoms with E-state index in [1.807, 2.05) is 65.0 Å². The number of ether oxygens (including phenoxy) is 1. The summed E-state index contributed by atoms with van der Waals surface area (Å²) in [6.45, 7) is 9.64. The maximum Gasteiger partial charge on any atom is 0.320 e. The number of aryl methyl sites for hydroxylation is 1. The fourth-order valence-electron chi connectivity index (χ4n) is 3.35. The van der Waals surface area contributed by atoms with E-state index in [4.69, 9.17) is 4.74 Å². The van der Waals surface area contributed by atoms with Gasteiger partial charge in [0, 0.05) is 6.07 Å². The van der Waals surface area contributed by atoms with Crippen molar-refractivity contribution in [3.05, 3.63) is 76.0 Å². The first-order valence-electron chi connectivity index (χ1n) is 10.4. The molecule has 0 aliphatic rings. The first-order chi connectivity index (χ1) is 15.1. The smallest absolute Gasteiger partial charge is 0.320 e. The summed E-state index contributed by atoms with van der Waals surface area (Å²) in [5.41, 5.74) is 1.05. The number of hydrogen-bond acceptors (Lipinski definition) is 6. The van der Waals surface area contributed by atoms with Gasteiger partial charge in [0.15, 0.2) is 0 Å². The van der Waals surface area contributed by atoms with E-state index in [1.54, 1.807) is 22.9 Å². The van der Waals surface area contributed by atoms with Crippen LogP contribution in [0, 0.1) is 17.0 Å². The molecule has 0 fully saturated rings. The number of nitrogens with zero attached hydrogens (tertiary/aromatic N) is 3. The van der Waals surface area contributed by atoms with Crippen LogP contribution < -0.4 is 4.74 Å². The van der Waals surface area contributed by atoms with Crippen molar-refractivity contribution in [3.8, 4) is 5.88 Å². The second kappa shape index (κ2) is 9.56. The quantitative estimate of drug-likeness (QED) is 0.244. The van der Waals surface area contributed by atoms with Gasteiger partial charge in [-0.2, -0.15) is 5.10 Å².